The van der Waals surface area contributed by atoms with E-state index in [1.54, 1.807) is 14.2 Å². The van der Waals surface area contributed by atoms with E-state index in [1.165, 1.54) is 12.8 Å². The van der Waals surface area contributed by atoms with E-state index >= 15 is 0 Å². The Balaban J connectivity index is 2.28. The SMILES string of the molecule is COc1ccc(C(N)C2(C)CC2)cc1OC. The second-order valence-electron chi connectivity index (χ2n) is 4.75. The minimum absolute atomic E-state index is 0.0901. The van der Waals surface area contributed by atoms with E-state index in [0.717, 1.165) is 17.1 Å². The number of ether oxygens (including phenoxy) is 2. The van der Waals surface area contributed by atoms with Crippen molar-refractivity contribution in [3.63, 3.8) is 0 Å². The third-order valence-corrected chi connectivity index (χ3v) is 3.56. The predicted molar refractivity (Wildman–Crippen MR) is 63.8 cm³/mol. The molecule has 0 saturated heterocycles. The Morgan fingerprint density at radius 2 is 1.81 bits per heavy atom. The van der Waals surface area contributed by atoms with Crippen LogP contribution < -0.4 is 15.2 Å². The van der Waals surface area contributed by atoms with Crippen molar-refractivity contribution in [2.24, 2.45) is 11.1 Å². The van der Waals surface area contributed by atoms with Crippen molar-refractivity contribution >= 4 is 0 Å². The zero-order valence-electron chi connectivity index (χ0n) is 10.1. The number of hydrogen-bond acceptors (Lipinski definition) is 3. The monoisotopic (exact) mass is 221 g/mol. The maximum Gasteiger partial charge on any atom is 0.161 e. The Morgan fingerprint density at radius 3 is 2.31 bits per heavy atom. The molecule has 0 spiro atoms. The highest BCUT2D eigenvalue weighted by molar-refractivity contribution is 5.44. The average Bonchev–Trinajstić information content (AvgIpc) is 3.06. The van der Waals surface area contributed by atoms with Crippen LogP contribution in [0.4, 0.5) is 0 Å². The molecule has 1 aromatic carbocycles. The molecule has 2 rings (SSSR count). The third-order valence-electron chi connectivity index (χ3n) is 3.56. The lowest BCUT2D eigenvalue weighted by atomic mass is 9.92. The van der Waals surface area contributed by atoms with Crippen LogP contribution in [0.3, 0.4) is 0 Å². The summed E-state index contributed by atoms with van der Waals surface area (Å²) in [5.41, 5.74) is 7.65. The van der Waals surface area contributed by atoms with Gasteiger partial charge in [0.15, 0.2) is 11.5 Å². The molecule has 88 valence electrons. The van der Waals surface area contributed by atoms with Crippen LogP contribution in [0.25, 0.3) is 0 Å². The first kappa shape index (κ1) is 11.3. The summed E-state index contributed by atoms with van der Waals surface area (Å²) in [4.78, 5) is 0. The summed E-state index contributed by atoms with van der Waals surface area (Å²) in [6, 6.07) is 6.01. The van der Waals surface area contributed by atoms with Gasteiger partial charge in [0.25, 0.3) is 0 Å². The van der Waals surface area contributed by atoms with Crippen molar-refractivity contribution in [2.75, 3.05) is 14.2 Å². The number of benzene rings is 1. The van der Waals surface area contributed by atoms with Crippen LogP contribution in [-0.2, 0) is 0 Å². The zero-order chi connectivity index (χ0) is 11.8. The molecule has 16 heavy (non-hydrogen) atoms. The first-order valence-corrected chi connectivity index (χ1v) is 5.58. The highest BCUT2D eigenvalue weighted by atomic mass is 16.5. The maximum atomic E-state index is 6.25. The van der Waals surface area contributed by atoms with Gasteiger partial charge >= 0.3 is 0 Å². The van der Waals surface area contributed by atoms with Crippen LogP contribution >= 0.6 is 0 Å². The smallest absolute Gasteiger partial charge is 0.161 e. The van der Waals surface area contributed by atoms with Gasteiger partial charge in [0.05, 0.1) is 14.2 Å². The molecule has 0 aliphatic heterocycles. The van der Waals surface area contributed by atoms with Gasteiger partial charge in [0.2, 0.25) is 0 Å². The van der Waals surface area contributed by atoms with E-state index in [-0.39, 0.29) is 11.5 Å². The number of methoxy groups -OCH3 is 2. The Morgan fingerprint density at radius 1 is 1.19 bits per heavy atom. The predicted octanol–water partition coefficient (Wildman–Crippen LogP) is 2.50. The minimum atomic E-state index is 0.0901. The van der Waals surface area contributed by atoms with Gasteiger partial charge in [-0.25, -0.2) is 0 Å². The van der Waals surface area contributed by atoms with Gasteiger partial charge in [0.1, 0.15) is 0 Å². The first-order chi connectivity index (χ1) is 7.60. The van der Waals surface area contributed by atoms with Crippen LogP contribution in [0.15, 0.2) is 18.2 Å². The number of hydrogen-bond donors (Lipinski definition) is 1. The van der Waals surface area contributed by atoms with Crippen molar-refractivity contribution in [1.82, 2.24) is 0 Å². The van der Waals surface area contributed by atoms with Gasteiger partial charge in [-0.3, -0.25) is 0 Å². The molecule has 3 nitrogen and oxygen atoms in total. The summed E-state index contributed by atoms with van der Waals surface area (Å²) in [5.74, 6) is 1.50. The van der Waals surface area contributed by atoms with Crippen LogP contribution in [-0.4, -0.2) is 14.2 Å². The lowest BCUT2D eigenvalue weighted by molar-refractivity contribution is 0.353. The number of rotatable bonds is 4. The average molecular weight is 221 g/mol. The molecular weight excluding hydrogens is 202 g/mol. The Labute approximate surface area is 96.5 Å². The van der Waals surface area contributed by atoms with Crippen LogP contribution in [0.5, 0.6) is 11.5 Å². The van der Waals surface area contributed by atoms with Gasteiger partial charge in [-0.15, -0.1) is 0 Å². The molecule has 3 heteroatoms. The molecule has 1 fully saturated rings. The van der Waals surface area contributed by atoms with Crippen LogP contribution in [0.1, 0.15) is 31.4 Å². The quantitative estimate of drug-likeness (QED) is 0.849. The molecule has 1 atom stereocenters. The fraction of sp³-hybridized carbons (Fsp3) is 0.538. The van der Waals surface area contributed by atoms with E-state index in [0.29, 0.717) is 0 Å². The van der Waals surface area contributed by atoms with E-state index < -0.39 is 0 Å². The van der Waals surface area contributed by atoms with Gasteiger partial charge < -0.3 is 15.2 Å². The Bertz CT molecular complexity index is 386. The van der Waals surface area contributed by atoms with Crippen molar-refractivity contribution in [3.8, 4) is 11.5 Å². The molecule has 1 saturated carbocycles. The van der Waals surface area contributed by atoms with E-state index in [2.05, 4.69) is 6.92 Å². The molecule has 0 heterocycles. The largest absolute Gasteiger partial charge is 0.493 e. The van der Waals surface area contributed by atoms with Gasteiger partial charge in [0, 0.05) is 6.04 Å². The summed E-state index contributed by atoms with van der Waals surface area (Å²) in [6.45, 7) is 2.23. The topological polar surface area (TPSA) is 44.5 Å². The van der Waals surface area contributed by atoms with Gasteiger partial charge in [-0.2, -0.15) is 0 Å². The van der Waals surface area contributed by atoms with Crippen LogP contribution in [0, 0.1) is 5.41 Å². The molecule has 1 unspecified atom stereocenters. The van der Waals surface area contributed by atoms with Crippen molar-refractivity contribution in [3.05, 3.63) is 23.8 Å². The first-order valence-electron chi connectivity index (χ1n) is 5.58. The zero-order valence-corrected chi connectivity index (χ0v) is 10.1. The Kier molecular flexibility index (Phi) is 2.80. The van der Waals surface area contributed by atoms with Gasteiger partial charge in [-0.1, -0.05) is 13.0 Å². The summed E-state index contributed by atoms with van der Waals surface area (Å²) in [7, 11) is 3.28. The highest BCUT2D eigenvalue weighted by Gasteiger charge is 2.43. The van der Waals surface area contributed by atoms with Crippen molar-refractivity contribution in [1.29, 1.82) is 0 Å². The van der Waals surface area contributed by atoms with E-state index in [9.17, 15) is 0 Å². The second-order valence-corrected chi connectivity index (χ2v) is 4.75. The van der Waals surface area contributed by atoms with E-state index in [4.69, 9.17) is 15.2 Å². The van der Waals surface area contributed by atoms with Crippen molar-refractivity contribution in [2.45, 2.75) is 25.8 Å². The molecule has 0 radical (unpaired) electrons. The lowest BCUT2D eigenvalue weighted by Gasteiger charge is -2.20. The normalized spacial score (nSPS) is 19.0. The maximum absolute atomic E-state index is 6.25. The molecule has 1 aromatic rings. The summed E-state index contributed by atoms with van der Waals surface area (Å²) in [6.07, 6.45) is 2.42. The molecular formula is C13H19NO2. The molecule has 0 amide bonds. The van der Waals surface area contributed by atoms with Gasteiger partial charge in [-0.05, 0) is 36.0 Å². The fourth-order valence-electron chi connectivity index (χ4n) is 1.96. The molecule has 1 aliphatic carbocycles. The summed E-state index contributed by atoms with van der Waals surface area (Å²) in [5, 5.41) is 0. The molecule has 0 bridgehead atoms. The standard InChI is InChI=1S/C13H19NO2/c1-13(6-7-13)12(14)9-4-5-10(15-2)11(8-9)16-3/h4-5,8,12H,6-7,14H2,1-3H3. The number of nitrogens with two attached hydrogens (primary N) is 1. The highest BCUT2D eigenvalue weighted by Crippen LogP contribution is 2.53. The Hall–Kier alpha value is -1.22. The molecule has 0 aromatic heterocycles. The lowest BCUT2D eigenvalue weighted by Crippen LogP contribution is -2.20. The van der Waals surface area contributed by atoms with Crippen molar-refractivity contribution < 1.29 is 9.47 Å². The summed E-state index contributed by atoms with van der Waals surface area (Å²) >= 11 is 0. The van der Waals surface area contributed by atoms with Crippen LogP contribution in [0.2, 0.25) is 0 Å². The second kappa shape index (κ2) is 3.98. The third kappa shape index (κ3) is 1.87. The molecule has 2 N–H and O–H groups in total. The fourth-order valence-corrected chi connectivity index (χ4v) is 1.96. The molecule has 1 aliphatic rings. The summed E-state index contributed by atoms with van der Waals surface area (Å²) < 4.78 is 10.5. The minimum Gasteiger partial charge on any atom is -0.493 e. The van der Waals surface area contributed by atoms with E-state index in [1.807, 2.05) is 18.2 Å².